The summed E-state index contributed by atoms with van der Waals surface area (Å²) in [7, 11) is -0.656. The summed E-state index contributed by atoms with van der Waals surface area (Å²) in [5.41, 5.74) is 1.38. The summed E-state index contributed by atoms with van der Waals surface area (Å²) in [6.45, 7) is 0. The van der Waals surface area contributed by atoms with Crippen molar-refractivity contribution in [1.82, 2.24) is 10.2 Å². The van der Waals surface area contributed by atoms with Crippen LogP contribution in [0, 0.1) is 5.92 Å². The minimum absolute atomic E-state index is 0.0351. The van der Waals surface area contributed by atoms with Gasteiger partial charge in [0.25, 0.3) is 0 Å². The number of H-pyrrole nitrogens is 1. The Morgan fingerprint density at radius 1 is 1.18 bits per heavy atom. The number of nitrogens with zero attached hydrogens (tertiary/aromatic N) is 3. The van der Waals surface area contributed by atoms with Crippen molar-refractivity contribution >= 4 is 44.9 Å². The van der Waals surface area contributed by atoms with Crippen molar-refractivity contribution in [3.05, 3.63) is 54.2 Å². The molecule has 0 saturated heterocycles. The van der Waals surface area contributed by atoms with Crippen LogP contribution in [0.4, 0.5) is 22.0 Å². The highest BCUT2D eigenvalue weighted by Gasteiger charge is 2.36. The summed E-state index contributed by atoms with van der Waals surface area (Å²) in [4.78, 5) is 39.7. The van der Waals surface area contributed by atoms with Gasteiger partial charge in [-0.05, 0) is 48.6 Å². The molecule has 12 heteroatoms. The highest BCUT2D eigenvalue weighted by atomic mass is 32.2. The van der Waals surface area contributed by atoms with Crippen molar-refractivity contribution in [2.24, 2.45) is 5.92 Å². The summed E-state index contributed by atoms with van der Waals surface area (Å²) in [6.07, 6.45) is 2.08. The van der Waals surface area contributed by atoms with E-state index in [1.54, 1.807) is 43.4 Å². The van der Waals surface area contributed by atoms with Gasteiger partial charge < -0.3 is 14.7 Å². The minimum atomic E-state index is -4.00. The molecule has 1 saturated carbocycles. The molecule has 2 aromatic carbocycles. The fourth-order valence-corrected chi connectivity index (χ4v) is 6.94. The van der Waals surface area contributed by atoms with E-state index in [1.165, 1.54) is 29.2 Å². The van der Waals surface area contributed by atoms with Gasteiger partial charge in [-0.15, -0.1) is 0 Å². The molecule has 1 aliphatic heterocycles. The van der Waals surface area contributed by atoms with Gasteiger partial charge in [0.05, 0.1) is 33.3 Å². The predicted molar refractivity (Wildman–Crippen MR) is 137 cm³/mol. The Labute approximate surface area is 218 Å². The SMILES string of the molecule is CN(C(=O)C(CC1CCC(=O)C1)c1ccc2c(c1)N(C)c1ccc(OC(=O)O)cc1S2(=O)=O)c1ccn[nH]1. The molecule has 0 spiro atoms. The Morgan fingerprint density at radius 2 is 1.97 bits per heavy atom. The average molecular weight is 539 g/mol. The van der Waals surface area contributed by atoms with Crippen LogP contribution in [0.15, 0.2) is 58.5 Å². The first-order valence-electron chi connectivity index (χ1n) is 12.0. The summed E-state index contributed by atoms with van der Waals surface area (Å²) in [5, 5.41) is 15.6. The van der Waals surface area contributed by atoms with Crippen LogP contribution in [-0.4, -0.2) is 55.7 Å². The number of rotatable bonds is 6. The van der Waals surface area contributed by atoms with Crippen LogP contribution in [0.25, 0.3) is 0 Å². The molecule has 11 nitrogen and oxygen atoms in total. The number of hydrogen-bond acceptors (Lipinski definition) is 8. The molecule has 2 heterocycles. The molecule has 2 atom stereocenters. The van der Waals surface area contributed by atoms with Gasteiger partial charge in [0.2, 0.25) is 15.7 Å². The number of anilines is 3. The van der Waals surface area contributed by atoms with Gasteiger partial charge in [-0.3, -0.25) is 19.6 Å². The van der Waals surface area contributed by atoms with E-state index in [2.05, 4.69) is 14.9 Å². The van der Waals surface area contributed by atoms with Crippen LogP contribution in [-0.2, 0) is 19.4 Å². The minimum Gasteiger partial charge on any atom is -0.449 e. The molecular formula is C26H26N4O7S. The zero-order chi connectivity index (χ0) is 27.2. The first-order chi connectivity index (χ1) is 18.1. The van der Waals surface area contributed by atoms with E-state index in [-0.39, 0.29) is 33.1 Å². The van der Waals surface area contributed by atoms with E-state index < -0.39 is 21.9 Å². The van der Waals surface area contributed by atoms with Crippen LogP contribution in [0.3, 0.4) is 0 Å². The van der Waals surface area contributed by atoms with Crippen molar-refractivity contribution in [1.29, 1.82) is 0 Å². The number of Topliss-reactive ketones (excluding diaryl/α,β-unsaturated/α-hetero) is 1. The Morgan fingerprint density at radius 3 is 2.63 bits per heavy atom. The number of amides is 1. The van der Waals surface area contributed by atoms with Crippen molar-refractivity contribution < 1.29 is 32.6 Å². The van der Waals surface area contributed by atoms with Gasteiger partial charge in [0.1, 0.15) is 17.4 Å². The first-order valence-corrected chi connectivity index (χ1v) is 13.5. The summed E-state index contributed by atoms with van der Waals surface area (Å²) >= 11 is 0. The summed E-state index contributed by atoms with van der Waals surface area (Å²) < 4.78 is 31.7. The number of ether oxygens (including phenoxy) is 1. The monoisotopic (exact) mass is 538 g/mol. The number of likely N-dealkylation sites (N-methyl/N-ethyl adjacent to an activating group) is 1. The van der Waals surface area contributed by atoms with E-state index in [4.69, 9.17) is 5.11 Å². The molecule has 2 N–H and O–H groups in total. The molecule has 198 valence electrons. The number of carboxylic acid groups (broad SMARTS) is 1. The van der Waals surface area contributed by atoms with Crippen molar-refractivity contribution in [2.45, 2.75) is 41.4 Å². The van der Waals surface area contributed by atoms with Gasteiger partial charge in [-0.25, -0.2) is 13.2 Å². The maximum absolute atomic E-state index is 13.7. The Hall–Kier alpha value is -4.19. The fourth-order valence-electron chi connectivity index (χ4n) is 5.23. The number of hydrogen-bond donors (Lipinski definition) is 2. The third kappa shape index (κ3) is 4.51. The fraction of sp³-hybridized carbons (Fsp3) is 0.308. The van der Waals surface area contributed by atoms with E-state index >= 15 is 0 Å². The van der Waals surface area contributed by atoms with E-state index in [0.29, 0.717) is 48.4 Å². The van der Waals surface area contributed by atoms with Crippen molar-refractivity contribution in [3.8, 4) is 5.75 Å². The summed E-state index contributed by atoms with van der Waals surface area (Å²) in [6, 6.07) is 10.6. The number of fused-ring (bicyclic) bond motifs is 2. The second-order valence-corrected chi connectivity index (χ2v) is 11.4. The van der Waals surface area contributed by atoms with E-state index in [1.807, 2.05) is 0 Å². The third-order valence-corrected chi connectivity index (χ3v) is 9.05. The molecular weight excluding hydrogens is 512 g/mol. The summed E-state index contributed by atoms with van der Waals surface area (Å²) in [5.74, 6) is -0.167. The van der Waals surface area contributed by atoms with Gasteiger partial charge in [-0.2, -0.15) is 5.10 Å². The van der Waals surface area contributed by atoms with E-state index in [0.717, 1.165) is 0 Å². The lowest BCUT2D eigenvalue weighted by Gasteiger charge is -2.31. The Bertz CT molecular complexity index is 1530. The topological polar surface area (TPSA) is 150 Å². The highest BCUT2D eigenvalue weighted by molar-refractivity contribution is 7.92. The Balaban J connectivity index is 1.55. The molecule has 2 aliphatic rings. The van der Waals surface area contributed by atoms with Gasteiger partial charge in [0, 0.05) is 39.1 Å². The molecule has 1 aromatic heterocycles. The molecule has 2 unspecified atom stereocenters. The lowest BCUT2D eigenvalue weighted by molar-refractivity contribution is -0.121. The normalized spacial score (nSPS) is 18.4. The van der Waals surface area contributed by atoms with Gasteiger partial charge in [0.15, 0.2) is 0 Å². The molecule has 38 heavy (non-hydrogen) atoms. The molecule has 3 aromatic rings. The maximum atomic E-state index is 13.7. The average Bonchev–Trinajstić information content (AvgIpc) is 3.56. The highest BCUT2D eigenvalue weighted by Crippen LogP contribution is 2.46. The van der Waals surface area contributed by atoms with E-state index in [9.17, 15) is 22.8 Å². The van der Waals surface area contributed by atoms with Crippen molar-refractivity contribution in [2.75, 3.05) is 23.9 Å². The lowest BCUT2D eigenvalue weighted by atomic mass is 9.86. The second kappa shape index (κ2) is 9.60. The molecule has 0 radical (unpaired) electrons. The number of ketones is 1. The van der Waals surface area contributed by atoms with Crippen LogP contribution < -0.4 is 14.5 Å². The molecule has 1 fully saturated rings. The first kappa shape index (κ1) is 25.5. The largest absolute Gasteiger partial charge is 0.511 e. The van der Waals surface area contributed by atoms with Crippen LogP contribution in [0.2, 0.25) is 0 Å². The van der Waals surface area contributed by atoms with Crippen LogP contribution in [0.5, 0.6) is 5.75 Å². The number of benzene rings is 2. The zero-order valence-electron chi connectivity index (χ0n) is 20.7. The smallest absolute Gasteiger partial charge is 0.449 e. The molecule has 1 amide bonds. The quantitative estimate of drug-likeness (QED) is 0.352. The predicted octanol–water partition coefficient (Wildman–Crippen LogP) is 3.89. The third-order valence-electron chi connectivity index (χ3n) is 7.22. The standard InChI is InChI=1S/C26H26N4O7S/c1-29-20-7-6-18(37-26(33)34)14-23(20)38(35,36)22-8-4-16(13-21(22)29)19(12-15-3-5-17(31)11-15)25(32)30(2)24-9-10-27-28-24/h4,6-10,13-15,19H,3,5,11-12H2,1-2H3,(H,27,28)(H,33,34). The number of aromatic nitrogens is 2. The zero-order valence-corrected chi connectivity index (χ0v) is 21.6. The number of sulfone groups is 1. The number of aromatic amines is 1. The van der Waals surface area contributed by atoms with Crippen LogP contribution in [0.1, 0.15) is 37.2 Å². The Kier molecular flexibility index (Phi) is 6.43. The number of carbonyl (C=O) groups excluding carboxylic acids is 2. The van der Waals surface area contributed by atoms with Gasteiger partial charge in [-0.1, -0.05) is 6.07 Å². The number of nitrogens with one attached hydrogen (secondary N) is 1. The molecule has 5 rings (SSSR count). The van der Waals surface area contributed by atoms with Gasteiger partial charge >= 0.3 is 6.16 Å². The second-order valence-electron chi connectivity index (χ2n) is 9.56. The lowest BCUT2D eigenvalue weighted by Crippen LogP contribution is -2.33. The molecule has 0 bridgehead atoms. The molecule has 1 aliphatic carbocycles. The van der Waals surface area contributed by atoms with Crippen molar-refractivity contribution in [3.63, 3.8) is 0 Å². The maximum Gasteiger partial charge on any atom is 0.511 e. The number of carbonyl (C=O) groups is 3. The van der Waals surface area contributed by atoms with Crippen LogP contribution >= 0.6 is 0 Å².